The maximum Gasteiger partial charge on any atom is 0.416 e. The Kier molecular flexibility index (Phi) is 5.55. The number of nitrogens with one attached hydrogen (secondary N) is 2. The Balaban J connectivity index is 1.61. The van der Waals surface area contributed by atoms with Crippen LogP contribution in [0.2, 0.25) is 0 Å². The second kappa shape index (κ2) is 7.89. The molecule has 2 amide bonds. The summed E-state index contributed by atoms with van der Waals surface area (Å²) in [6.45, 7) is 1.81. The van der Waals surface area contributed by atoms with Crippen LogP contribution in [0.1, 0.15) is 36.9 Å². The van der Waals surface area contributed by atoms with E-state index in [0.29, 0.717) is 21.0 Å². The first kappa shape index (κ1) is 19.7. The highest BCUT2D eigenvalue weighted by atomic mass is 32.1. The van der Waals surface area contributed by atoms with Crippen molar-refractivity contribution < 1.29 is 27.2 Å². The lowest BCUT2D eigenvalue weighted by molar-refractivity contribution is -0.137. The number of carbonyl (C=O) groups is 2. The molecule has 0 fully saturated rings. The van der Waals surface area contributed by atoms with Gasteiger partial charge in [0, 0.05) is 6.54 Å². The van der Waals surface area contributed by atoms with Crippen LogP contribution in [0.3, 0.4) is 0 Å². The fourth-order valence-corrected chi connectivity index (χ4v) is 3.41. The number of amides is 2. The summed E-state index contributed by atoms with van der Waals surface area (Å²) in [6, 6.07) is 9.36. The summed E-state index contributed by atoms with van der Waals surface area (Å²) in [6.07, 6.45) is -3.01. The quantitative estimate of drug-likeness (QED) is 0.634. The molecule has 2 aromatic heterocycles. The Morgan fingerprint density at radius 1 is 1.11 bits per heavy atom. The van der Waals surface area contributed by atoms with Crippen LogP contribution >= 0.6 is 11.3 Å². The summed E-state index contributed by atoms with van der Waals surface area (Å²) in [5.74, 6) is -0.650. The molecule has 3 rings (SSSR count). The van der Waals surface area contributed by atoms with Crippen molar-refractivity contribution >= 4 is 28.2 Å². The minimum absolute atomic E-state index is 0.0857. The molecule has 9 heteroatoms. The average Bonchev–Trinajstić information content (AvgIpc) is 3.29. The zero-order chi connectivity index (χ0) is 20.3. The first-order valence-electron chi connectivity index (χ1n) is 8.13. The molecule has 0 aliphatic carbocycles. The first-order valence-corrected chi connectivity index (χ1v) is 8.95. The number of halogens is 3. The summed E-state index contributed by atoms with van der Waals surface area (Å²) >= 11 is 1.10. The Morgan fingerprint density at radius 2 is 1.82 bits per heavy atom. The van der Waals surface area contributed by atoms with E-state index in [1.165, 1.54) is 24.5 Å². The number of hydrogen-bond donors (Lipinski definition) is 2. The first-order chi connectivity index (χ1) is 13.2. The monoisotopic (exact) mass is 408 g/mol. The predicted molar refractivity (Wildman–Crippen MR) is 98.3 cm³/mol. The number of anilines is 1. The van der Waals surface area contributed by atoms with Crippen molar-refractivity contribution in [1.82, 2.24) is 5.32 Å². The molecule has 0 aliphatic heterocycles. The van der Waals surface area contributed by atoms with Gasteiger partial charge in [0.25, 0.3) is 11.8 Å². The zero-order valence-corrected chi connectivity index (χ0v) is 15.4. The van der Waals surface area contributed by atoms with Crippen LogP contribution in [0.25, 0.3) is 0 Å². The van der Waals surface area contributed by atoms with Crippen molar-refractivity contribution in [1.29, 1.82) is 0 Å². The van der Waals surface area contributed by atoms with Crippen LogP contribution in [-0.2, 0) is 12.7 Å². The summed E-state index contributed by atoms with van der Waals surface area (Å²) in [7, 11) is 0. The van der Waals surface area contributed by atoms with E-state index in [2.05, 4.69) is 10.6 Å². The van der Waals surface area contributed by atoms with Crippen LogP contribution in [0.4, 0.5) is 18.2 Å². The molecule has 5 nitrogen and oxygen atoms in total. The van der Waals surface area contributed by atoms with Crippen molar-refractivity contribution in [2.45, 2.75) is 19.6 Å². The number of aryl methyl sites for hydroxylation is 1. The maximum atomic E-state index is 12.6. The molecule has 2 N–H and O–H groups in total. The Hall–Kier alpha value is -3.07. The molecular formula is C19H15F3N2O3S. The molecule has 146 valence electrons. The molecule has 0 bridgehead atoms. The smallest absolute Gasteiger partial charge is 0.416 e. The van der Waals surface area contributed by atoms with E-state index in [9.17, 15) is 22.8 Å². The second-order valence-electron chi connectivity index (χ2n) is 5.93. The highest BCUT2D eigenvalue weighted by Gasteiger charge is 2.29. The fourth-order valence-electron chi connectivity index (χ4n) is 2.42. The SMILES string of the molecule is Cc1cc(NC(=O)c2ccco2)sc1C(=O)NCc1ccc(C(F)(F)F)cc1. The number of rotatable bonds is 5. The van der Waals surface area contributed by atoms with Crippen molar-refractivity contribution in [3.63, 3.8) is 0 Å². The minimum atomic E-state index is -4.40. The molecule has 0 atom stereocenters. The van der Waals surface area contributed by atoms with Gasteiger partial charge in [-0.25, -0.2) is 0 Å². The van der Waals surface area contributed by atoms with Gasteiger partial charge in [0.05, 0.1) is 21.7 Å². The summed E-state index contributed by atoms with van der Waals surface area (Å²) < 4.78 is 42.7. The second-order valence-corrected chi connectivity index (χ2v) is 6.98. The molecule has 28 heavy (non-hydrogen) atoms. The number of furan rings is 1. The van der Waals surface area contributed by atoms with E-state index >= 15 is 0 Å². The lowest BCUT2D eigenvalue weighted by Gasteiger charge is -2.08. The third-order valence-electron chi connectivity index (χ3n) is 3.84. The lowest BCUT2D eigenvalue weighted by Crippen LogP contribution is -2.22. The van der Waals surface area contributed by atoms with Crippen LogP contribution in [-0.4, -0.2) is 11.8 Å². The molecule has 1 aromatic carbocycles. The number of alkyl halides is 3. The average molecular weight is 408 g/mol. The normalized spacial score (nSPS) is 11.3. The summed E-state index contributed by atoms with van der Waals surface area (Å²) in [5, 5.41) is 5.81. The number of thiophene rings is 1. The molecule has 0 radical (unpaired) electrons. The third kappa shape index (κ3) is 4.61. The highest BCUT2D eigenvalue weighted by Crippen LogP contribution is 2.29. The van der Waals surface area contributed by atoms with Crippen LogP contribution in [0.5, 0.6) is 0 Å². The van der Waals surface area contributed by atoms with Gasteiger partial charge in [-0.15, -0.1) is 11.3 Å². The fraction of sp³-hybridized carbons (Fsp3) is 0.158. The summed E-state index contributed by atoms with van der Waals surface area (Å²) in [4.78, 5) is 24.8. The van der Waals surface area contributed by atoms with Gasteiger partial charge < -0.3 is 15.1 Å². The van der Waals surface area contributed by atoms with Crippen molar-refractivity contribution in [2.24, 2.45) is 0 Å². The Morgan fingerprint density at radius 3 is 2.43 bits per heavy atom. The van der Waals surface area contributed by atoms with E-state index in [4.69, 9.17) is 4.42 Å². The van der Waals surface area contributed by atoms with Gasteiger partial charge in [-0.05, 0) is 48.4 Å². The van der Waals surface area contributed by atoms with Gasteiger partial charge in [-0.1, -0.05) is 12.1 Å². The zero-order valence-electron chi connectivity index (χ0n) is 14.6. The van der Waals surface area contributed by atoms with E-state index in [1.54, 1.807) is 19.1 Å². The van der Waals surface area contributed by atoms with Gasteiger partial charge in [-0.2, -0.15) is 13.2 Å². The van der Waals surface area contributed by atoms with Gasteiger partial charge in [0.1, 0.15) is 0 Å². The molecule has 0 saturated heterocycles. The maximum absolute atomic E-state index is 12.6. The van der Waals surface area contributed by atoms with Crippen LogP contribution in [0.15, 0.2) is 53.1 Å². The number of benzene rings is 1. The minimum Gasteiger partial charge on any atom is -0.459 e. The van der Waals surface area contributed by atoms with E-state index in [-0.39, 0.29) is 18.2 Å². The topological polar surface area (TPSA) is 71.3 Å². The number of hydrogen-bond acceptors (Lipinski definition) is 4. The van der Waals surface area contributed by atoms with E-state index in [1.807, 2.05) is 0 Å². The van der Waals surface area contributed by atoms with Gasteiger partial charge in [-0.3, -0.25) is 9.59 Å². The van der Waals surface area contributed by atoms with E-state index < -0.39 is 17.6 Å². The predicted octanol–water partition coefficient (Wildman–Crippen LogP) is 4.85. The van der Waals surface area contributed by atoms with Crippen molar-refractivity contribution in [3.8, 4) is 0 Å². The van der Waals surface area contributed by atoms with E-state index in [0.717, 1.165) is 23.5 Å². The Bertz CT molecular complexity index is 977. The van der Waals surface area contributed by atoms with Crippen LogP contribution in [0, 0.1) is 6.92 Å². The van der Waals surface area contributed by atoms with Crippen molar-refractivity contribution in [2.75, 3.05) is 5.32 Å². The van der Waals surface area contributed by atoms with Gasteiger partial charge in [0.15, 0.2) is 5.76 Å². The molecular weight excluding hydrogens is 393 g/mol. The summed E-state index contributed by atoms with van der Waals surface area (Å²) in [5.41, 5.74) is 0.472. The molecule has 0 spiro atoms. The van der Waals surface area contributed by atoms with Gasteiger partial charge in [0.2, 0.25) is 0 Å². The molecule has 3 aromatic rings. The molecule has 0 aliphatic rings. The molecule has 2 heterocycles. The third-order valence-corrected chi connectivity index (χ3v) is 4.99. The standard InChI is InChI=1S/C19H15F3N2O3S/c1-11-9-15(24-17(25)14-3-2-8-27-14)28-16(11)18(26)23-10-12-4-6-13(7-5-12)19(20,21)22/h2-9H,10H2,1H3,(H,23,26)(H,24,25). The van der Waals surface area contributed by atoms with Gasteiger partial charge >= 0.3 is 6.18 Å². The van der Waals surface area contributed by atoms with Crippen LogP contribution < -0.4 is 10.6 Å². The largest absolute Gasteiger partial charge is 0.459 e. The highest BCUT2D eigenvalue weighted by molar-refractivity contribution is 7.18. The lowest BCUT2D eigenvalue weighted by atomic mass is 10.1. The number of carbonyl (C=O) groups excluding carboxylic acids is 2. The van der Waals surface area contributed by atoms with Crippen molar-refractivity contribution in [3.05, 3.63) is 76.1 Å². The Labute approximate surface area is 162 Å². The molecule has 0 saturated carbocycles. The molecule has 0 unspecified atom stereocenters.